The SMILES string of the molecule is CCCCCCCCCCCCC1CC1.CCO. The Bertz CT molecular complexity index is 141. The summed E-state index contributed by atoms with van der Waals surface area (Å²) < 4.78 is 0. The summed E-state index contributed by atoms with van der Waals surface area (Å²) in [5.74, 6) is 1.15. The van der Waals surface area contributed by atoms with Crippen LogP contribution in [-0.2, 0) is 0 Å². The smallest absolute Gasteiger partial charge is 0.0402 e. The molecule has 1 aliphatic rings. The molecule has 0 heterocycles. The molecule has 0 amide bonds. The van der Waals surface area contributed by atoms with Crippen molar-refractivity contribution in [1.82, 2.24) is 0 Å². The molecule has 1 nitrogen and oxygen atoms in total. The summed E-state index contributed by atoms with van der Waals surface area (Å²) in [5.41, 5.74) is 0. The van der Waals surface area contributed by atoms with E-state index < -0.39 is 0 Å². The number of aliphatic hydroxyl groups excluding tert-OH is 1. The van der Waals surface area contributed by atoms with Crippen LogP contribution >= 0.6 is 0 Å². The molecule has 0 spiro atoms. The molecule has 1 aliphatic carbocycles. The summed E-state index contributed by atoms with van der Waals surface area (Å²) in [6, 6.07) is 0. The number of rotatable bonds is 11. The molecule has 1 N–H and O–H groups in total. The summed E-state index contributed by atoms with van der Waals surface area (Å²) in [4.78, 5) is 0. The molecule has 1 saturated carbocycles. The van der Waals surface area contributed by atoms with Crippen molar-refractivity contribution in [3.05, 3.63) is 0 Å². The van der Waals surface area contributed by atoms with Gasteiger partial charge in [0.2, 0.25) is 0 Å². The molecule has 0 atom stereocenters. The van der Waals surface area contributed by atoms with Gasteiger partial charge < -0.3 is 5.11 Å². The molecule has 0 saturated heterocycles. The van der Waals surface area contributed by atoms with E-state index in [1.54, 1.807) is 6.92 Å². The van der Waals surface area contributed by atoms with Crippen molar-refractivity contribution in [1.29, 1.82) is 0 Å². The molecule has 0 aromatic heterocycles. The van der Waals surface area contributed by atoms with Crippen LogP contribution in [0.2, 0.25) is 0 Å². The molecule has 0 unspecified atom stereocenters. The fourth-order valence-corrected chi connectivity index (χ4v) is 2.33. The standard InChI is InChI=1S/C15H30.C2H6O/c1-2-3-4-5-6-7-8-9-10-11-12-15-13-14-15;1-2-3/h15H,2-14H2,1H3;3H,2H2,1H3. The Kier molecular flexibility index (Phi) is 15.0. The maximum Gasteiger partial charge on any atom is 0.0402 e. The largest absolute Gasteiger partial charge is 0.397 e. The number of hydrogen-bond acceptors (Lipinski definition) is 1. The van der Waals surface area contributed by atoms with Crippen molar-refractivity contribution in [2.75, 3.05) is 6.61 Å². The third-order valence-corrected chi connectivity index (χ3v) is 3.66. The number of unbranched alkanes of at least 4 members (excludes halogenated alkanes) is 9. The zero-order valence-corrected chi connectivity index (χ0v) is 12.9. The van der Waals surface area contributed by atoms with E-state index in [0.717, 1.165) is 5.92 Å². The van der Waals surface area contributed by atoms with Gasteiger partial charge in [-0.05, 0) is 12.8 Å². The second kappa shape index (κ2) is 15.0. The molecule has 1 rings (SSSR count). The molecule has 1 fully saturated rings. The Morgan fingerprint density at radius 1 is 0.722 bits per heavy atom. The summed E-state index contributed by atoms with van der Waals surface area (Å²) in [5, 5.41) is 7.57. The Morgan fingerprint density at radius 3 is 1.50 bits per heavy atom. The average Bonchev–Trinajstić information content (AvgIpc) is 3.17. The van der Waals surface area contributed by atoms with Crippen molar-refractivity contribution in [3.8, 4) is 0 Å². The van der Waals surface area contributed by atoms with Crippen LogP contribution in [-0.4, -0.2) is 11.7 Å². The third kappa shape index (κ3) is 16.0. The predicted octanol–water partition coefficient (Wildman–Crippen LogP) is 5.71. The molecule has 0 bridgehead atoms. The molecule has 18 heavy (non-hydrogen) atoms. The zero-order chi connectivity index (χ0) is 13.5. The van der Waals surface area contributed by atoms with Gasteiger partial charge in [0.15, 0.2) is 0 Å². The van der Waals surface area contributed by atoms with Gasteiger partial charge in [-0.2, -0.15) is 0 Å². The molecule has 0 aromatic carbocycles. The normalized spacial score (nSPS) is 14.2. The van der Waals surface area contributed by atoms with E-state index in [-0.39, 0.29) is 6.61 Å². The lowest BCUT2D eigenvalue weighted by molar-refractivity contribution is 0.318. The molecule has 0 radical (unpaired) electrons. The highest BCUT2D eigenvalue weighted by molar-refractivity contribution is 4.72. The van der Waals surface area contributed by atoms with Gasteiger partial charge in [-0.1, -0.05) is 90.4 Å². The first-order valence-corrected chi connectivity index (χ1v) is 8.46. The Morgan fingerprint density at radius 2 is 1.11 bits per heavy atom. The first kappa shape index (κ1) is 18.0. The minimum Gasteiger partial charge on any atom is -0.397 e. The molecule has 1 heteroatoms. The predicted molar refractivity (Wildman–Crippen MR) is 81.9 cm³/mol. The van der Waals surface area contributed by atoms with Crippen LogP contribution in [0.15, 0.2) is 0 Å². The van der Waals surface area contributed by atoms with E-state index in [9.17, 15) is 0 Å². The van der Waals surface area contributed by atoms with Gasteiger partial charge in [0.25, 0.3) is 0 Å². The first-order valence-electron chi connectivity index (χ1n) is 8.46. The van der Waals surface area contributed by atoms with Gasteiger partial charge in [0.05, 0.1) is 0 Å². The third-order valence-electron chi connectivity index (χ3n) is 3.66. The quantitative estimate of drug-likeness (QED) is 0.470. The highest BCUT2D eigenvalue weighted by Crippen LogP contribution is 2.34. The van der Waals surface area contributed by atoms with Gasteiger partial charge in [-0.3, -0.25) is 0 Å². The average molecular weight is 256 g/mol. The van der Waals surface area contributed by atoms with E-state index in [1.807, 2.05) is 0 Å². The maximum atomic E-state index is 7.57. The maximum absolute atomic E-state index is 7.57. The summed E-state index contributed by atoms with van der Waals surface area (Å²) in [6.45, 7) is 4.22. The topological polar surface area (TPSA) is 20.2 Å². The highest BCUT2D eigenvalue weighted by atomic mass is 16.2. The van der Waals surface area contributed by atoms with Crippen LogP contribution < -0.4 is 0 Å². The van der Waals surface area contributed by atoms with E-state index >= 15 is 0 Å². The van der Waals surface area contributed by atoms with Crippen LogP contribution in [0.5, 0.6) is 0 Å². The van der Waals surface area contributed by atoms with Crippen LogP contribution in [0, 0.1) is 5.92 Å². The van der Waals surface area contributed by atoms with Crippen LogP contribution in [0.4, 0.5) is 0 Å². The first-order chi connectivity index (χ1) is 8.85. The Labute approximate surface area is 115 Å². The summed E-state index contributed by atoms with van der Waals surface area (Å²) in [7, 11) is 0. The van der Waals surface area contributed by atoms with Crippen LogP contribution in [0.1, 0.15) is 97.3 Å². The summed E-state index contributed by atoms with van der Waals surface area (Å²) in [6.07, 6.45) is 19.4. The molecular weight excluding hydrogens is 220 g/mol. The van der Waals surface area contributed by atoms with Gasteiger partial charge in [0.1, 0.15) is 0 Å². The van der Waals surface area contributed by atoms with Crippen molar-refractivity contribution >= 4 is 0 Å². The molecular formula is C17H36O. The minimum absolute atomic E-state index is 0.250. The van der Waals surface area contributed by atoms with Crippen LogP contribution in [0.25, 0.3) is 0 Å². The van der Waals surface area contributed by atoms with Gasteiger partial charge in [-0.25, -0.2) is 0 Å². The lowest BCUT2D eigenvalue weighted by atomic mass is 10.1. The van der Waals surface area contributed by atoms with E-state index in [0.29, 0.717) is 0 Å². The van der Waals surface area contributed by atoms with Crippen molar-refractivity contribution < 1.29 is 5.11 Å². The fraction of sp³-hybridized carbons (Fsp3) is 1.00. The van der Waals surface area contributed by atoms with Gasteiger partial charge >= 0.3 is 0 Å². The minimum atomic E-state index is 0.250. The van der Waals surface area contributed by atoms with Crippen molar-refractivity contribution in [3.63, 3.8) is 0 Å². The lowest BCUT2D eigenvalue weighted by Gasteiger charge is -2.01. The second-order valence-corrected chi connectivity index (χ2v) is 5.73. The number of aliphatic hydroxyl groups is 1. The number of hydrogen-bond donors (Lipinski definition) is 1. The highest BCUT2D eigenvalue weighted by Gasteiger charge is 2.19. The van der Waals surface area contributed by atoms with Gasteiger partial charge in [-0.15, -0.1) is 0 Å². The monoisotopic (exact) mass is 256 g/mol. The van der Waals surface area contributed by atoms with Gasteiger partial charge in [0, 0.05) is 6.61 Å². The second-order valence-electron chi connectivity index (χ2n) is 5.73. The summed E-state index contributed by atoms with van der Waals surface area (Å²) >= 11 is 0. The zero-order valence-electron chi connectivity index (χ0n) is 12.9. The van der Waals surface area contributed by atoms with Crippen LogP contribution in [0.3, 0.4) is 0 Å². The molecule has 0 aliphatic heterocycles. The van der Waals surface area contributed by atoms with Crippen molar-refractivity contribution in [2.24, 2.45) is 5.92 Å². The molecule has 0 aromatic rings. The van der Waals surface area contributed by atoms with E-state index in [4.69, 9.17) is 5.11 Å². The lowest BCUT2D eigenvalue weighted by Crippen LogP contribution is -1.82. The Balaban J connectivity index is 0.000000873. The van der Waals surface area contributed by atoms with E-state index in [2.05, 4.69) is 6.92 Å². The van der Waals surface area contributed by atoms with E-state index in [1.165, 1.54) is 83.5 Å². The fourth-order valence-electron chi connectivity index (χ4n) is 2.33. The van der Waals surface area contributed by atoms with Crippen molar-refractivity contribution in [2.45, 2.75) is 97.3 Å². The Hall–Kier alpha value is -0.0400. The molecule has 110 valence electrons.